The topological polar surface area (TPSA) is 79.5 Å². The van der Waals surface area contributed by atoms with Crippen molar-refractivity contribution >= 4 is 58.1 Å². The van der Waals surface area contributed by atoms with E-state index in [0.717, 1.165) is 5.56 Å². The van der Waals surface area contributed by atoms with Crippen molar-refractivity contribution < 1.29 is 14.3 Å². The van der Waals surface area contributed by atoms with Crippen LogP contribution in [-0.4, -0.2) is 18.5 Å². The molecule has 0 unspecified atom stereocenters. The number of para-hydroxylation sites is 1. The van der Waals surface area contributed by atoms with Gasteiger partial charge in [0.2, 0.25) is 0 Å². The van der Waals surface area contributed by atoms with Crippen LogP contribution in [0.2, 0.25) is 15.1 Å². The van der Waals surface area contributed by atoms with Gasteiger partial charge in [0, 0.05) is 23.4 Å². The summed E-state index contributed by atoms with van der Waals surface area (Å²) in [5.74, 6) is 0.397. The van der Waals surface area contributed by atoms with Crippen molar-refractivity contribution in [3.8, 4) is 5.75 Å². The van der Waals surface area contributed by atoms with E-state index in [2.05, 4.69) is 16.0 Å². The third-order valence-corrected chi connectivity index (χ3v) is 5.43. The van der Waals surface area contributed by atoms with E-state index in [1.54, 1.807) is 24.3 Å². The Labute approximate surface area is 200 Å². The van der Waals surface area contributed by atoms with Gasteiger partial charge < -0.3 is 20.7 Å². The van der Waals surface area contributed by atoms with E-state index in [1.807, 2.05) is 31.2 Å². The summed E-state index contributed by atoms with van der Waals surface area (Å²) >= 11 is 18.0. The number of urea groups is 1. The molecule has 0 atom stereocenters. The third-order valence-electron chi connectivity index (χ3n) is 4.37. The molecule has 0 bridgehead atoms. The van der Waals surface area contributed by atoms with E-state index < -0.39 is 6.03 Å². The molecule has 6 nitrogen and oxygen atoms in total. The first-order valence-electron chi connectivity index (χ1n) is 9.69. The molecule has 32 heavy (non-hydrogen) atoms. The van der Waals surface area contributed by atoms with E-state index in [4.69, 9.17) is 39.5 Å². The third kappa shape index (κ3) is 6.29. The van der Waals surface area contributed by atoms with Crippen molar-refractivity contribution in [2.24, 2.45) is 0 Å². The summed E-state index contributed by atoms with van der Waals surface area (Å²) in [5.41, 5.74) is 1.94. The zero-order valence-corrected chi connectivity index (χ0v) is 19.3. The van der Waals surface area contributed by atoms with Crippen molar-refractivity contribution in [2.75, 3.05) is 17.2 Å². The van der Waals surface area contributed by atoms with Crippen molar-refractivity contribution in [3.63, 3.8) is 0 Å². The zero-order valence-electron chi connectivity index (χ0n) is 17.0. The van der Waals surface area contributed by atoms with Crippen molar-refractivity contribution in [3.05, 3.63) is 86.9 Å². The van der Waals surface area contributed by atoms with Gasteiger partial charge in [-0.1, -0.05) is 53.0 Å². The number of nitrogens with one attached hydrogen (secondary N) is 3. The molecule has 0 aliphatic heterocycles. The molecular weight excluding hydrogens is 473 g/mol. The molecule has 3 aromatic carbocycles. The summed E-state index contributed by atoms with van der Waals surface area (Å²) in [6.07, 6.45) is 0. The van der Waals surface area contributed by atoms with Gasteiger partial charge in [0.1, 0.15) is 5.75 Å². The minimum Gasteiger partial charge on any atom is -0.494 e. The number of carbonyl (C=O) groups is 2. The molecule has 0 saturated heterocycles. The number of amides is 3. The van der Waals surface area contributed by atoms with Crippen molar-refractivity contribution in [1.82, 2.24) is 5.32 Å². The number of rotatable bonds is 7. The van der Waals surface area contributed by atoms with Gasteiger partial charge in [0.15, 0.2) is 0 Å². The fourth-order valence-electron chi connectivity index (χ4n) is 2.84. The molecule has 3 aromatic rings. The maximum absolute atomic E-state index is 12.6. The summed E-state index contributed by atoms with van der Waals surface area (Å²) in [5, 5.41) is 9.09. The van der Waals surface area contributed by atoms with Crippen molar-refractivity contribution in [2.45, 2.75) is 13.5 Å². The Kier molecular flexibility index (Phi) is 8.22. The predicted octanol–water partition coefficient (Wildman–Crippen LogP) is 6.62. The molecule has 0 saturated carbocycles. The maximum atomic E-state index is 12.6. The number of hydrogen-bond acceptors (Lipinski definition) is 3. The van der Waals surface area contributed by atoms with Crippen molar-refractivity contribution in [1.29, 1.82) is 0 Å². The lowest BCUT2D eigenvalue weighted by Crippen LogP contribution is -2.24. The summed E-state index contributed by atoms with van der Waals surface area (Å²) in [6, 6.07) is 16.3. The summed E-state index contributed by atoms with van der Waals surface area (Å²) in [6.45, 7) is 2.72. The fraction of sp³-hybridized carbons (Fsp3) is 0.130. The van der Waals surface area contributed by atoms with Gasteiger partial charge in [-0.05, 0) is 49.4 Å². The predicted molar refractivity (Wildman–Crippen MR) is 129 cm³/mol. The number of carbonyl (C=O) groups excluding carboxylic acids is 2. The second-order valence-corrected chi connectivity index (χ2v) is 7.85. The molecule has 3 amide bonds. The van der Waals surface area contributed by atoms with Crippen LogP contribution in [0.1, 0.15) is 22.8 Å². The summed E-state index contributed by atoms with van der Waals surface area (Å²) < 4.78 is 5.58. The van der Waals surface area contributed by atoms with E-state index in [0.29, 0.717) is 33.7 Å². The van der Waals surface area contributed by atoms with Crippen LogP contribution >= 0.6 is 34.8 Å². The molecule has 0 aromatic heterocycles. The lowest BCUT2D eigenvalue weighted by atomic mass is 10.1. The van der Waals surface area contributed by atoms with E-state index in [-0.39, 0.29) is 23.2 Å². The van der Waals surface area contributed by atoms with Gasteiger partial charge in [0.25, 0.3) is 5.91 Å². The molecule has 3 N–H and O–H groups in total. The summed E-state index contributed by atoms with van der Waals surface area (Å²) in [7, 11) is 0. The van der Waals surface area contributed by atoms with Gasteiger partial charge in [-0.25, -0.2) is 4.79 Å². The van der Waals surface area contributed by atoms with E-state index in [1.165, 1.54) is 12.1 Å². The van der Waals surface area contributed by atoms with Gasteiger partial charge >= 0.3 is 6.03 Å². The second-order valence-electron chi connectivity index (χ2n) is 6.63. The average molecular weight is 493 g/mol. The van der Waals surface area contributed by atoms with Crippen LogP contribution in [0, 0.1) is 0 Å². The van der Waals surface area contributed by atoms with Crippen LogP contribution in [0.5, 0.6) is 5.75 Å². The standard InChI is InChI=1S/C23H20Cl3N3O3/c1-2-32-21-6-4-3-5-15(21)13-27-22(30)14-7-9-18(25)20(11-14)29-23(31)28-16-8-10-17(24)19(26)12-16/h3-12H,2,13H2,1H3,(H,27,30)(H2,28,29,31). The van der Waals surface area contributed by atoms with Crippen LogP contribution in [0.4, 0.5) is 16.2 Å². The molecule has 166 valence electrons. The fourth-order valence-corrected chi connectivity index (χ4v) is 3.31. The van der Waals surface area contributed by atoms with Crippen LogP contribution in [-0.2, 0) is 6.54 Å². The Morgan fingerprint density at radius 3 is 2.38 bits per heavy atom. The first-order chi connectivity index (χ1) is 15.4. The monoisotopic (exact) mass is 491 g/mol. The number of benzene rings is 3. The highest BCUT2D eigenvalue weighted by Crippen LogP contribution is 2.26. The van der Waals surface area contributed by atoms with Gasteiger partial charge in [0.05, 0.1) is 27.4 Å². The number of hydrogen-bond donors (Lipinski definition) is 3. The SMILES string of the molecule is CCOc1ccccc1CNC(=O)c1ccc(Cl)c(NC(=O)Nc2ccc(Cl)c(Cl)c2)c1. The Bertz CT molecular complexity index is 1140. The van der Waals surface area contributed by atoms with Crippen LogP contribution in [0.15, 0.2) is 60.7 Å². The average Bonchev–Trinajstić information content (AvgIpc) is 2.77. The molecule has 0 fully saturated rings. The Hall–Kier alpha value is -2.93. The first-order valence-corrected chi connectivity index (χ1v) is 10.8. The van der Waals surface area contributed by atoms with E-state index in [9.17, 15) is 9.59 Å². The highest BCUT2D eigenvalue weighted by Gasteiger charge is 2.13. The first kappa shape index (κ1) is 23.7. The Balaban J connectivity index is 1.66. The highest BCUT2D eigenvalue weighted by atomic mass is 35.5. The Morgan fingerprint density at radius 2 is 1.62 bits per heavy atom. The molecule has 0 aliphatic carbocycles. The van der Waals surface area contributed by atoms with Crippen LogP contribution in [0.25, 0.3) is 0 Å². The largest absolute Gasteiger partial charge is 0.494 e. The molecule has 0 spiro atoms. The maximum Gasteiger partial charge on any atom is 0.323 e. The van der Waals surface area contributed by atoms with E-state index >= 15 is 0 Å². The molecule has 9 heteroatoms. The zero-order chi connectivity index (χ0) is 23.1. The lowest BCUT2D eigenvalue weighted by Gasteiger charge is -2.13. The molecule has 0 aliphatic rings. The second kappa shape index (κ2) is 11.1. The van der Waals surface area contributed by atoms with Gasteiger partial charge in [-0.3, -0.25) is 4.79 Å². The normalized spacial score (nSPS) is 10.4. The van der Waals surface area contributed by atoms with Gasteiger partial charge in [-0.2, -0.15) is 0 Å². The lowest BCUT2D eigenvalue weighted by molar-refractivity contribution is 0.0950. The number of ether oxygens (including phenoxy) is 1. The van der Waals surface area contributed by atoms with Gasteiger partial charge in [-0.15, -0.1) is 0 Å². The smallest absolute Gasteiger partial charge is 0.323 e. The van der Waals surface area contributed by atoms with Crippen LogP contribution < -0.4 is 20.7 Å². The minimum atomic E-state index is -0.548. The molecule has 3 rings (SSSR count). The quantitative estimate of drug-likeness (QED) is 0.347. The minimum absolute atomic E-state index is 0.284. The highest BCUT2D eigenvalue weighted by molar-refractivity contribution is 6.42. The molecule has 0 heterocycles. The summed E-state index contributed by atoms with van der Waals surface area (Å²) in [4.78, 5) is 25.0. The Morgan fingerprint density at radius 1 is 0.875 bits per heavy atom. The van der Waals surface area contributed by atoms with Crippen LogP contribution in [0.3, 0.4) is 0 Å². The number of halogens is 3. The molecular formula is C23H20Cl3N3O3. The molecule has 0 radical (unpaired) electrons. The number of anilines is 2.